The molecule has 0 bridgehead atoms. The average Bonchev–Trinajstić information content (AvgIpc) is 2.69. The van der Waals surface area contributed by atoms with Crippen molar-refractivity contribution in [3.63, 3.8) is 0 Å². The average molecular weight is 492 g/mol. The molecular formula is C20H23ClFNO6S2. The topological polar surface area (TPSA) is 107 Å². The highest BCUT2D eigenvalue weighted by molar-refractivity contribution is 7.93. The minimum Gasteiger partial charge on any atom is -0.457 e. The number of carbonyl (C=O) groups is 1. The SMILES string of the molecule is CCCS(=O)(=O)CCCS(=O)(=O)Nc1ccc(Cl)c(C(=O)OCc2ccccc2)c1F. The number of rotatable bonds is 11. The van der Waals surface area contributed by atoms with Gasteiger partial charge in [-0.1, -0.05) is 48.9 Å². The van der Waals surface area contributed by atoms with Gasteiger partial charge in [-0.15, -0.1) is 0 Å². The van der Waals surface area contributed by atoms with Crippen LogP contribution in [0, 0.1) is 5.82 Å². The largest absolute Gasteiger partial charge is 0.457 e. The van der Waals surface area contributed by atoms with Crippen LogP contribution in [0.1, 0.15) is 35.7 Å². The van der Waals surface area contributed by atoms with E-state index in [1.807, 2.05) is 4.72 Å². The summed E-state index contributed by atoms with van der Waals surface area (Å²) in [6.07, 6.45) is 0.297. The van der Waals surface area contributed by atoms with Gasteiger partial charge in [-0.25, -0.2) is 26.0 Å². The molecule has 31 heavy (non-hydrogen) atoms. The van der Waals surface area contributed by atoms with E-state index in [4.69, 9.17) is 16.3 Å². The second-order valence-electron chi connectivity index (χ2n) is 6.77. The summed E-state index contributed by atoms with van der Waals surface area (Å²) in [5.41, 5.74) is -0.391. The number of sulfonamides is 1. The van der Waals surface area contributed by atoms with Crippen LogP contribution >= 0.6 is 11.6 Å². The van der Waals surface area contributed by atoms with Gasteiger partial charge in [0.15, 0.2) is 5.82 Å². The van der Waals surface area contributed by atoms with Gasteiger partial charge in [-0.2, -0.15) is 0 Å². The summed E-state index contributed by atoms with van der Waals surface area (Å²) in [4.78, 5) is 12.3. The van der Waals surface area contributed by atoms with Gasteiger partial charge in [0.05, 0.1) is 22.2 Å². The lowest BCUT2D eigenvalue weighted by molar-refractivity contribution is 0.0467. The maximum atomic E-state index is 14.8. The Morgan fingerprint density at radius 3 is 2.35 bits per heavy atom. The van der Waals surface area contributed by atoms with E-state index >= 15 is 0 Å². The van der Waals surface area contributed by atoms with Crippen molar-refractivity contribution in [1.29, 1.82) is 0 Å². The first-order chi connectivity index (χ1) is 14.5. The van der Waals surface area contributed by atoms with Crippen LogP contribution in [0.25, 0.3) is 0 Å². The number of hydrogen-bond acceptors (Lipinski definition) is 6. The molecule has 0 aliphatic carbocycles. The number of sulfone groups is 1. The first-order valence-corrected chi connectivity index (χ1v) is 13.3. The van der Waals surface area contributed by atoms with Gasteiger partial charge in [0.1, 0.15) is 22.0 Å². The molecule has 2 aromatic carbocycles. The van der Waals surface area contributed by atoms with Crippen molar-refractivity contribution < 1.29 is 30.8 Å². The van der Waals surface area contributed by atoms with Crippen LogP contribution in [0.4, 0.5) is 10.1 Å². The van der Waals surface area contributed by atoms with Gasteiger partial charge in [-0.3, -0.25) is 4.72 Å². The number of benzene rings is 2. The Balaban J connectivity index is 2.09. The highest BCUT2D eigenvalue weighted by Crippen LogP contribution is 2.27. The van der Waals surface area contributed by atoms with Crippen molar-refractivity contribution in [1.82, 2.24) is 0 Å². The lowest BCUT2D eigenvalue weighted by atomic mass is 10.2. The molecular weight excluding hydrogens is 469 g/mol. The highest BCUT2D eigenvalue weighted by atomic mass is 35.5. The number of esters is 1. The minimum absolute atomic E-state index is 0.0270. The molecule has 0 saturated carbocycles. The minimum atomic E-state index is -4.05. The number of nitrogens with one attached hydrogen (secondary N) is 1. The van der Waals surface area contributed by atoms with Crippen molar-refractivity contribution in [2.24, 2.45) is 0 Å². The molecule has 2 aromatic rings. The molecule has 11 heteroatoms. The molecule has 0 aliphatic heterocycles. The number of hydrogen-bond donors (Lipinski definition) is 1. The Labute approximate surface area is 186 Å². The zero-order chi connectivity index (χ0) is 23.1. The van der Waals surface area contributed by atoms with Crippen molar-refractivity contribution in [2.45, 2.75) is 26.4 Å². The molecule has 0 aromatic heterocycles. The van der Waals surface area contributed by atoms with Crippen molar-refractivity contribution >= 4 is 43.1 Å². The molecule has 0 atom stereocenters. The van der Waals surface area contributed by atoms with E-state index in [9.17, 15) is 26.0 Å². The zero-order valence-electron chi connectivity index (χ0n) is 16.8. The predicted octanol–water partition coefficient (Wildman–Crippen LogP) is 3.79. The third-order valence-corrected chi connectivity index (χ3v) is 7.77. The molecule has 0 fully saturated rings. The summed E-state index contributed by atoms with van der Waals surface area (Å²) in [6, 6.07) is 11.0. The highest BCUT2D eigenvalue weighted by Gasteiger charge is 2.23. The number of carbonyl (C=O) groups excluding carboxylic acids is 1. The van der Waals surface area contributed by atoms with Gasteiger partial charge in [0.25, 0.3) is 0 Å². The Bertz CT molecular complexity index is 1120. The molecule has 0 saturated heterocycles. The third-order valence-electron chi connectivity index (χ3n) is 4.16. The van der Waals surface area contributed by atoms with Crippen molar-refractivity contribution in [3.8, 4) is 0 Å². The first kappa shape index (κ1) is 25.1. The van der Waals surface area contributed by atoms with Gasteiger partial charge in [-0.05, 0) is 30.5 Å². The van der Waals surface area contributed by atoms with E-state index in [-0.39, 0.29) is 29.6 Å². The first-order valence-electron chi connectivity index (χ1n) is 9.44. The Kier molecular flexibility index (Phi) is 8.84. The lowest BCUT2D eigenvalue weighted by Gasteiger charge is -2.13. The third kappa shape index (κ3) is 7.79. The molecule has 0 unspecified atom stereocenters. The van der Waals surface area contributed by atoms with E-state index in [0.717, 1.165) is 6.07 Å². The molecule has 7 nitrogen and oxygen atoms in total. The summed E-state index contributed by atoms with van der Waals surface area (Å²) in [5.74, 6) is -3.06. The number of halogens is 2. The van der Waals surface area contributed by atoms with Gasteiger partial charge < -0.3 is 4.74 Å². The van der Waals surface area contributed by atoms with E-state index in [2.05, 4.69) is 0 Å². The maximum absolute atomic E-state index is 14.8. The van der Waals surface area contributed by atoms with Crippen LogP contribution < -0.4 is 4.72 Å². The number of ether oxygens (including phenoxy) is 1. The van der Waals surface area contributed by atoms with Crippen LogP contribution in [-0.2, 0) is 31.2 Å². The molecule has 0 amide bonds. The second kappa shape index (κ2) is 10.9. The summed E-state index contributed by atoms with van der Waals surface area (Å²) in [6.45, 7) is 1.60. The van der Waals surface area contributed by atoms with Crippen LogP contribution in [0.15, 0.2) is 42.5 Å². The van der Waals surface area contributed by atoms with Crippen molar-refractivity contribution in [2.75, 3.05) is 22.0 Å². The van der Waals surface area contributed by atoms with Crippen LogP contribution in [0.5, 0.6) is 0 Å². The lowest BCUT2D eigenvalue weighted by Crippen LogP contribution is -2.21. The summed E-state index contributed by atoms with van der Waals surface area (Å²) >= 11 is 5.93. The molecule has 1 N–H and O–H groups in total. The molecule has 170 valence electrons. The monoisotopic (exact) mass is 491 g/mol. The van der Waals surface area contributed by atoms with E-state index < -0.39 is 48.7 Å². The van der Waals surface area contributed by atoms with Crippen LogP contribution in [0.3, 0.4) is 0 Å². The van der Waals surface area contributed by atoms with Gasteiger partial charge >= 0.3 is 5.97 Å². The summed E-state index contributed by atoms with van der Waals surface area (Å²) < 4.78 is 69.9. The summed E-state index contributed by atoms with van der Waals surface area (Å²) in [7, 11) is -7.39. The van der Waals surface area contributed by atoms with E-state index in [1.54, 1.807) is 37.3 Å². The normalized spacial score (nSPS) is 11.8. The fourth-order valence-electron chi connectivity index (χ4n) is 2.71. The molecule has 0 heterocycles. The molecule has 0 spiro atoms. The van der Waals surface area contributed by atoms with Crippen molar-refractivity contribution in [3.05, 3.63) is 64.4 Å². The van der Waals surface area contributed by atoms with Gasteiger partial charge in [0, 0.05) is 5.75 Å². The second-order valence-corrected chi connectivity index (χ2v) is 11.3. The zero-order valence-corrected chi connectivity index (χ0v) is 19.2. The fourth-order valence-corrected chi connectivity index (χ4v) is 5.65. The number of anilines is 1. The molecule has 2 rings (SSSR count). The Morgan fingerprint density at radius 1 is 1.03 bits per heavy atom. The molecule has 0 aliphatic rings. The Hall–Kier alpha value is -2.17. The Morgan fingerprint density at radius 2 is 1.71 bits per heavy atom. The predicted molar refractivity (Wildman–Crippen MR) is 118 cm³/mol. The van der Waals surface area contributed by atoms with Crippen LogP contribution in [0.2, 0.25) is 5.02 Å². The standard InChI is InChI=1S/C20H23ClFNO6S2/c1-2-11-30(25,26)12-6-13-31(27,28)23-17-10-9-16(21)18(19(17)22)20(24)29-14-15-7-4-3-5-8-15/h3-5,7-10,23H,2,6,11-14H2,1H3. The van der Waals surface area contributed by atoms with E-state index in [1.165, 1.54) is 6.07 Å². The quantitative estimate of drug-likeness (QED) is 0.479. The van der Waals surface area contributed by atoms with E-state index in [0.29, 0.717) is 12.0 Å². The van der Waals surface area contributed by atoms with Gasteiger partial charge in [0.2, 0.25) is 10.0 Å². The smallest absolute Gasteiger partial charge is 0.343 e. The van der Waals surface area contributed by atoms with Crippen LogP contribution in [-0.4, -0.2) is 40.1 Å². The fraction of sp³-hybridized carbons (Fsp3) is 0.350. The summed E-state index contributed by atoms with van der Waals surface area (Å²) in [5, 5.41) is -0.232. The molecule has 0 radical (unpaired) electrons. The maximum Gasteiger partial charge on any atom is 0.343 e.